The van der Waals surface area contributed by atoms with Gasteiger partial charge < -0.3 is 11.1 Å². The number of nitrogen functional groups attached to an aromatic ring is 1. The van der Waals surface area contributed by atoms with Gasteiger partial charge in [0.25, 0.3) is 0 Å². The maximum atomic E-state index is 12.8. The smallest absolute Gasteiger partial charge is 0.399 e. The van der Waals surface area contributed by atoms with E-state index in [9.17, 15) is 18.0 Å². The Morgan fingerprint density at radius 2 is 1.97 bits per heavy atom. The second kappa shape index (κ2) is 9.92. The SMILES string of the molecule is C/C(=N\Nc1nc(SCC(=O)Nc2cc(C(F)(F)F)ccc2Cl)n[nH]1)c1ccc(N)cc1. The number of anilines is 3. The number of hydrogen-bond acceptors (Lipinski definition) is 7. The number of thioether (sulfide) groups is 1. The van der Waals surface area contributed by atoms with Crippen LogP contribution in [0.5, 0.6) is 0 Å². The zero-order valence-electron chi connectivity index (χ0n) is 16.5. The van der Waals surface area contributed by atoms with Crippen molar-refractivity contribution in [3.63, 3.8) is 0 Å². The van der Waals surface area contributed by atoms with Gasteiger partial charge in [-0.3, -0.25) is 4.79 Å². The molecule has 0 aliphatic rings. The Kier molecular flexibility index (Phi) is 7.26. The quantitative estimate of drug-likeness (QED) is 0.168. The van der Waals surface area contributed by atoms with Gasteiger partial charge in [0.2, 0.25) is 17.0 Å². The Morgan fingerprint density at radius 3 is 2.66 bits per heavy atom. The number of nitrogens with zero attached hydrogens (tertiary/aromatic N) is 3. The van der Waals surface area contributed by atoms with E-state index in [1.54, 1.807) is 19.1 Å². The molecule has 1 heterocycles. The summed E-state index contributed by atoms with van der Waals surface area (Å²) in [4.78, 5) is 16.3. The summed E-state index contributed by atoms with van der Waals surface area (Å²) in [5, 5.41) is 13.4. The molecule has 5 N–H and O–H groups in total. The van der Waals surface area contributed by atoms with Crippen molar-refractivity contribution in [3.8, 4) is 0 Å². The Labute approximate surface area is 189 Å². The van der Waals surface area contributed by atoms with E-state index in [2.05, 4.69) is 31.0 Å². The van der Waals surface area contributed by atoms with Gasteiger partial charge >= 0.3 is 6.18 Å². The Balaban J connectivity index is 1.54. The molecule has 0 bridgehead atoms. The molecule has 8 nitrogen and oxygen atoms in total. The first-order valence-corrected chi connectivity index (χ1v) is 10.4. The summed E-state index contributed by atoms with van der Waals surface area (Å²) in [6, 6.07) is 9.87. The summed E-state index contributed by atoms with van der Waals surface area (Å²) in [5.74, 6) is -0.450. The van der Waals surface area contributed by atoms with Gasteiger partial charge in [-0.25, -0.2) is 10.5 Å². The van der Waals surface area contributed by atoms with Crippen LogP contribution in [0.2, 0.25) is 5.02 Å². The standard InChI is InChI=1S/C19H17ClF3N7OS/c1-10(11-2-5-13(24)6-3-11)27-28-17-26-18(30-29-17)32-9-16(31)25-15-8-12(19(21,22)23)4-7-14(15)20/h2-8H,9,24H2,1H3,(H,25,31)(H2,26,28,29,30)/b27-10+. The summed E-state index contributed by atoms with van der Waals surface area (Å²) in [6.45, 7) is 1.80. The third-order valence-corrected chi connectivity index (χ3v) is 5.20. The topological polar surface area (TPSA) is 121 Å². The minimum Gasteiger partial charge on any atom is -0.399 e. The molecule has 0 aliphatic heterocycles. The number of hydrazone groups is 1. The maximum absolute atomic E-state index is 12.8. The maximum Gasteiger partial charge on any atom is 0.416 e. The monoisotopic (exact) mass is 483 g/mol. The van der Waals surface area contributed by atoms with Crippen molar-refractivity contribution >= 4 is 52.3 Å². The lowest BCUT2D eigenvalue weighted by molar-refractivity contribution is -0.137. The molecule has 168 valence electrons. The van der Waals surface area contributed by atoms with Gasteiger partial charge in [0, 0.05) is 5.69 Å². The number of alkyl halides is 3. The van der Waals surface area contributed by atoms with Crippen LogP contribution in [0.15, 0.2) is 52.7 Å². The van der Waals surface area contributed by atoms with Crippen molar-refractivity contribution in [2.24, 2.45) is 5.10 Å². The second-order valence-corrected chi connectivity index (χ2v) is 7.78. The molecule has 0 saturated heterocycles. The molecule has 13 heteroatoms. The third-order valence-electron chi connectivity index (χ3n) is 4.02. The van der Waals surface area contributed by atoms with Crippen LogP contribution in [-0.2, 0) is 11.0 Å². The molecule has 0 fully saturated rings. The van der Waals surface area contributed by atoms with Gasteiger partial charge in [-0.2, -0.15) is 23.3 Å². The minimum absolute atomic E-state index is 0.00457. The van der Waals surface area contributed by atoms with E-state index < -0.39 is 17.6 Å². The summed E-state index contributed by atoms with van der Waals surface area (Å²) >= 11 is 6.86. The summed E-state index contributed by atoms with van der Waals surface area (Å²) in [6.07, 6.45) is -4.55. The van der Waals surface area contributed by atoms with Crippen LogP contribution in [0.4, 0.5) is 30.5 Å². The van der Waals surface area contributed by atoms with Crippen molar-refractivity contribution in [2.45, 2.75) is 18.3 Å². The summed E-state index contributed by atoms with van der Waals surface area (Å²) in [5.41, 5.74) is 9.54. The second-order valence-electron chi connectivity index (χ2n) is 6.43. The normalized spacial score (nSPS) is 12.0. The number of H-pyrrole nitrogens is 1. The molecule has 2 aromatic carbocycles. The number of rotatable bonds is 7. The first-order valence-electron chi connectivity index (χ1n) is 9.00. The lowest BCUT2D eigenvalue weighted by Crippen LogP contribution is -2.15. The van der Waals surface area contributed by atoms with Gasteiger partial charge in [-0.15, -0.1) is 5.10 Å². The summed E-state index contributed by atoms with van der Waals surface area (Å²) < 4.78 is 38.5. The van der Waals surface area contributed by atoms with Crippen molar-refractivity contribution in [1.29, 1.82) is 0 Å². The van der Waals surface area contributed by atoms with E-state index in [-0.39, 0.29) is 27.6 Å². The highest BCUT2D eigenvalue weighted by Crippen LogP contribution is 2.33. The summed E-state index contributed by atoms with van der Waals surface area (Å²) in [7, 11) is 0. The third kappa shape index (κ3) is 6.37. The number of halogens is 4. The Hall–Kier alpha value is -3.25. The fraction of sp³-hybridized carbons (Fsp3) is 0.158. The lowest BCUT2D eigenvalue weighted by Gasteiger charge is -2.11. The predicted molar refractivity (Wildman–Crippen MR) is 119 cm³/mol. The molecule has 0 radical (unpaired) electrons. The Bertz CT molecular complexity index is 1130. The molecular formula is C19H17ClF3N7OS. The van der Waals surface area contributed by atoms with Gasteiger partial charge in [-0.05, 0) is 42.8 Å². The van der Waals surface area contributed by atoms with Crippen LogP contribution in [-0.4, -0.2) is 32.6 Å². The fourth-order valence-electron chi connectivity index (χ4n) is 2.40. The average molecular weight is 484 g/mol. The molecule has 1 aromatic heterocycles. The van der Waals surface area contributed by atoms with E-state index >= 15 is 0 Å². The number of hydrogen-bond donors (Lipinski definition) is 4. The molecule has 1 amide bonds. The van der Waals surface area contributed by atoms with Crippen molar-refractivity contribution in [1.82, 2.24) is 15.2 Å². The number of carbonyl (C=O) groups is 1. The van der Waals surface area contributed by atoms with Gasteiger partial charge in [0.05, 0.1) is 27.7 Å². The number of amides is 1. The number of nitrogens with one attached hydrogen (secondary N) is 3. The number of carbonyl (C=O) groups excluding carboxylic acids is 1. The molecular weight excluding hydrogens is 467 g/mol. The number of nitrogens with two attached hydrogens (primary N) is 1. The number of benzene rings is 2. The van der Waals surface area contributed by atoms with Crippen LogP contribution < -0.4 is 16.5 Å². The van der Waals surface area contributed by atoms with Gasteiger partial charge in [-0.1, -0.05) is 35.5 Å². The Morgan fingerprint density at radius 1 is 1.25 bits per heavy atom. The van der Waals surface area contributed by atoms with Crippen molar-refractivity contribution in [2.75, 3.05) is 22.2 Å². The highest BCUT2D eigenvalue weighted by molar-refractivity contribution is 7.99. The molecule has 32 heavy (non-hydrogen) atoms. The van der Waals surface area contributed by atoms with Gasteiger partial charge in [0.1, 0.15) is 0 Å². The average Bonchev–Trinajstić information content (AvgIpc) is 3.20. The highest BCUT2D eigenvalue weighted by atomic mass is 35.5. The largest absolute Gasteiger partial charge is 0.416 e. The van der Waals surface area contributed by atoms with E-state index in [4.69, 9.17) is 17.3 Å². The van der Waals surface area contributed by atoms with Crippen molar-refractivity contribution in [3.05, 3.63) is 58.6 Å². The fourth-order valence-corrected chi connectivity index (χ4v) is 3.16. The molecule has 0 spiro atoms. The molecule has 0 saturated carbocycles. The van der Waals surface area contributed by atoms with E-state index in [1.165, 1.54) is 0 Å². The van der Waals surface area contributed by atoms with Crippen LogP contribution in [0, 0.1) is 0 Å². The zero-order valence-corrected chi connectivity index (χ0v) is 18.1. The molecule has 0 aliphatic carbocycles. The van der Waals surface area contributed by atoms with Crippen LogP contribution in [0.1, 0.15) is 18.1 Å². The van der Waals surface area contributed by atoms with Gasteiger partial charge in [0.15, 0.2) is 0 Å². The van der Waals surface area contributed by atoms with E-state index in [0.29, 0.717) is 11.4 Å². The van der Waals surface area contributed by atoms with E-state index in [0.717, 1.165) is 35.5 Å². The molecule has 3 rings (SSSR count). The lowest BCUT2D eigenvalue weighted by atomic mass is 10.1. The van der Waals surface area contributed by atoms with Crippen molar-refractivity contribution < 1.29 is 18.0 Å². The number of aromatic nitrogens is 3. The molecule has 0 unspecified atom stereocenters. The first-order chi connectivity index (χ1) is 15.1. The van der Waals surface area contributed by atoms with E-state index in [1.807, 2.05) is 12.1 Å². The molecule has 3 aromatic rings. The predicted octanol–water partition coefficient (Wildman–Crippen LogP) is 4.63. The zero-order chi connectivity index (χ0) is 23.3. The van der Waals surface area contributed by atoms with Crippen LogP contribution in [0.3, 0.4) is 0 Å². The van der Waals surface area contributed by atoms with Crippen LogP contribution in [0.25, 0.3) is 0 Å². The number of aromatic amines is 1. The molecule has 0 atom stereocenters. The highest BCUT2D eigenvalue weighted by Gasteiger charge is 2.31. The minimum atomic E-state index is -4.55. The first kappa shape index (κ1) is 23.4. The van der Waals surface area contributed by atoms with Crippen LogP contribution >= 0.6 is 23.4 Å².